The molecule has 1 aromatic heterocycles. The predicted octanol–water partition coefficient (Wildman–Crippen LogP) is 5.05. The van der Waals surface area contributed by atoms with Gasteiger partial charge in [0.25, 0.3) is 0 Å². The Labute approximate surface area is 176 Å². The Morgan fingerprint density at radius 1 is 1.10 bits per heavy atom. The molecule has 4 aliphatic rings. The van der Waals surface area contributed by atoms with Crippen molar-refractivity contribution in [2.75, 3.05) is 6.54 Å². The SMILES string of the molecule is O=C(CCc1nc(-c2ccc(Cl)cc2)no1)NCCC12CC3CC(CC(C3)C1)C2. The molecule has 6 rings (SSSR count). The lowest BCUT2D eigenvalue weighted by Gasteiger charge is -2.57. The van der Waals surface area contributed by atoms with Crippen LogP contribution < -0.4 is 5.32 Å². The van der Waals surface area contributed by atoms with Crippen LogP contribution in [-0.4, -0.2) is 22.6 Å². The molecule has 6 heteroatoms. The van der Waals surface area contributed by atoms with Crippen LogP contribution in [0.4, 0.5) is 0 Å². The maximum absolute atomic E-state index is 12.3. The normalized spacial score (nSPS) is 29.9. The summed E-state index contributed by atoms with van der Waals surface area (Å²) < 4.78 is 5.29. The lowest BCUT2D eigenvalue weighted by Crippen LogP contribution is -2.47. The number of aromatic nitrogens is 2. The summed E-state index contributed by atoms with van der Waals surface area (Å²) in [7, 11) is 0. The highest BCUT2D eigenvalue weighted by Crippen LogP contribution is 2.61. The summed E-state index contributed by atoms with van der Waals surface area (Å²) in [6.07, 6.45) is 10.6. The number of benzene rings is 1. The third-order valence-electron chi connectivity index (χ3n) is 7.28. The largest absolute Gasteiger partial charge is 0.356 e. The van der Waals surface area contributed by atoms with Gasteiger partial charge in [0.05, 0.1) is 0 Å². The summed E-state index contributed by atoms with van der Waals surface area (Å²) in [6.45, 7) is 0.796. The highest BCUT2D eigenvalue weighted by atomic mass is 35.5. The van der Waals surface area contributed by atoms with Crippen LogP contribution in [0.15, 0.2) is 28.8 Å². The van der Waals surface area contributed by atoms with E-state index in [0.717, 1.165) is 36.3 Å². The molecule has 0 radical (unpaired) electrons. The van der Waals surface area contributed by atoms with Crippen LogP contribution in [0.1, 0.15) is 57.3 Å². The molecule has 4 bridgehead atoms. The molecule has 1 N–H and O–H groups in total. The summed E-state index contributed by atoms with van der Waals surface area (Å²) in [4.78, 5) is 16.7. The Kier molecular flexibility index (Phi) is 5.10. The van der Waals surface area contributed by atoms with Gasteiger partial charge in [-0.15, -0.1) is 0 Å². The molecule has 0 atom stereocenters. The average Bonchev–Trinajstić information content (AvgIpc) is 3.15. The third kappa shape index (κ3) is 4.20. The summed E-state index contributed by atoms with van der Waals surface area (Å²) in [6, 6.07) is 7.30. The molecule has 5 nitrogen and oxygen atoms in total. The molecule has 0 aliphatic heterocycles. The second kappa shape index (κ2) is 7.75. The van der Waals surface area contributed by atoms with Gasteiger partial charge in [0.2, 0.25) is 17.6 Å². The minimum atomic E-state index is 0.0703. The number of hydrogen-bond donors (Lipinski definition) is 1. The van der Waals surface area contributed by atoms with Crippen molar-refractivity contribution in [3.63, 3.8) is 0 Å². The number of nitrogens with zero attached hydrogens (tertiary/aromatic N) is 2. The van der Waals surface area contributed by atoms with Crippen LogP contribution >= 0.6 is 11.6 Å². The Hall–Kier alpha value is -1.88. The van der Waals surface area contributed by atoms with E-state index < -0.39 is 0 Å². The fourth-order valence-corrected chi connectivity index (χ4v) is 6.57. The number of carbonyl (C=O) groups excluding carboxylic acids is 1. The van der Waals surface area contributed by atoms with Crippen molar-refractivity contribution in [2.45, 2.75) is 57.8 Å². The molecule has 29 heavy (non-hydrogen) atoms. The van der Waals surface area contributed by atoms with Gasteiger partial charge in [-0.05, 0) is 92.4 Å². The van der Waals surface area contributed by atoms with Gasteiger partial charge in [-0.25, -0.2) is 0 Å². The molecule has 4 aliphatic carbocycles. The highest BCUT2D eigenvalue weighted by molar-refractivity contribution is 6.30. The molecule has 4 fully saturated rings. The van der Waals surface area contributed by atoms with Crippen molar-refractivity contribution >= 4 is 17.5 Å². The van der Waals surface area contributed by atoms with Gasteiger partial charge in [0, 0.05) is 30.0 Å². The van der Waals surface area contributed by atoms with E-state index >= 15 is 0 Å². The van der Waals surface area contributed by atoms with Gasteiger partial charge >= 0.3 is 0 Å². The number of hydrogen-bond acceptors (Lipinski definition) is 4. The zero-order chi connectivity index (χ0) is 19.8. The van der Waals surface area contributed by atoms with Crippen LogP contribution in [0, 0.1) is 23.2 Å². The van der Waals surface area contributed by atoms with Gasteiger partial charge < -0.3 is 9.84 Å². The van der Waals surface area contributed by atoms with Crippen molar-refractivity contribution in [3.05, 3.63) is 35.2 Å². The summed E-state index contributed by atoms with van der Waals surface area (Å²) in [5, 5.41) is 7.80. The fourth-order valence-electron chi connectivity index (χ4n) is 6.44. The molecule has 0 spiro atoms. The van der Waals surface area contributed by atoms with Crippen molar-refractivity contribution in [1.82, 2.24) is 15.5 Å². The average molecular weight is 414 g/mol. The monoisotopic (exact) mass is 413 g/mol. The van der Waals surface area contributed by atoms with Crippen molar-refractivity contribution in [3.8, 4) is 11.4 Å². The summed E-state index contributed by atoms with van der Waals surface area (Å²) >= 11 is 5.91. The molecule has 1 heterocycles. The van der Waals surface area contributed by atoms with Gasteiger partial charge in [-0.2, -0.15) is 4.98 Å². The predicted molar refractivity (Wildman–Crippen MR) is 111 cm³/mol. The third-order valence-corrected chi connectivity index (χ3v) is 7.53. The standard InChI is InChI=1S/C23H28ClN3O2/c24-19-3-1-18(2-4-19)22-26-21(29-27-22)6-5-20(28)25-8-7-23-12-15-9-16(13-23)11-17(10-15)14-23/h1-4,15-17H,5-14H2,(H,25,28). The van der Waals surface area contributed by atoms with Crippen molar-refractivity contribution in [2.24, 2.45) is 23.2 Å². The zero-order valence-corrected chi connectivity index (χ0v) is 17.5. The van der Waals surface area contributed by atoms with E-state index in [1.165, 1.54) is 38.5 Å². The number of nitrogens with one attached hydrogen (secondary N) is 1. The molecule has 1 aromatic carbocycles. The second-order valence-corrected chi connectivity index (χ2v) is 9.97. The fraction of sp³-hybridized carbons (Fsp3) is 0.609. The molecule has 1 amide bonds. The summed E-state index contributed by atoms with van der Waals surface area (Å²) in [5.41, 5.74) is 1.37. The van der Waals surface area contributed by atoms with Gasteiger partial charge in [-0.3, -0.25) is 4.79 Å². The quantitative estimate of drug-likeness (QED) is 0.689. The number of amides is 1. The molecule has 0 saturated heterocycles. The van der Waals surface area contributed by atoms with E-state index in [2.05, 4.69) is 15.5 Å². The highest BCUT2D eigenvalue weighted by Gasteiger charge is 2.50. The molecule has 154 valence electrons. The van der Waals surface area contributed by atoms with Crippen LogP contribution in [0.5, 0.6) is 0 Å². The van der Waals surface area contributed by atoms with Gasteiger partial charge in [0.15, 0.2) is 0 Å². The summed E-state index contributed by atoms with van der Waals surface area (Å²) in [5.74, 6) is 3.98. The maximum atomic E-state index is 12.3. The van der Waals surface area contributed by atoms with Crippen LogP contribution in [-0.2, 0) is 11.2 Å². The lowest BCUT2D eigenvalue weighted by atomic mass is 9.49. The second-order valence-electron chi connectivity index (χ2n) is 9.54. The molecular formula is C23H28ClN3O2. The van der Waals surface area contributed by atoms with Crippen LogP contribution in [0.25, 0.3) is 11.4 Å². The molecule has 2 aromatic rings. The minimum Gasteiger partial charge on any atom is -0.356 e. The van der Waals surface area contributed by atoms with E-state index in [4.69, 9.17) is 16.1 Å². The number of halogens is 1. The van der Waals surface area contributed by atoms with Crippen LogP contribution in [0.2, 0.25) is 5.02 Å². The number of aryl methyl sites for hydroxylation is 1. The maximum Gasteiger partial charge on any atom is 0.227 e. The van der Waals surface area contributed by atoms with E-state index in [1.807, 2.05) is 12.1 Å². The van der Waals surface area contributed by atoms with E-state index in [-0.39, 0.29) is 5.91 Å². The minimum absolute atomic E-state index is 0.0703. The van der Waals surface area contributed by atoms with Gasteiger partial charge in [-0.1, -0.05) is 16.8 Å². The molecule has 4 saturated carbocycles. The first-order valence-corrected chi connectivity index (χ1v) is 11.3. The topological polar surface area (TPSA) is 68.0 Å². The first-order chi connectivity index (χ1) is 14.1. The van der Waals surface area contributed by atoms with E-state index in [1.54, 1.807) is 12.1 Å². The van der Waals surface area contributed by atoms with E-state index in [0.29, 0.717) is 35.0 Å². The molecular weight excluding hydrogens is 386 g/mol. The van der Waals surface area contributed by atoms with E-state index in [9.17, 15) is 4.79 Å². The smallest absolute Gasteiger partial charge is 0.227 e. The van der Waals surface area contributed by atoms with Crippen molar-refractivity contribution in [1.29, 1.82) is 0 Å². The Bertz CT molecular complexity index is 841. The first kappa shape index (κ1) is 19.1. The Morgan fingerprint density at radius 3 is 2.41 bits per heavy atom. The van der Waals surface area contributed by atoms with Gasteiger partial charge in [0.1, 0.15) is 0 Å². The molecule has 0 unspecified atom stereocenters. The zero-order valence-electron chi connectivity index (χ0n) is 16.7. The van der Waals surface area contributed by atoms with Crippen LogP contribution in [0.3, 0.4) is 0 Å². The Morgan fingerprint density at radius 2 is 1.76 bits per heavy atom. The number of rotatable bonds is 7. The Balaban J connectivity index is 1.08. The van der Waals surface area contributed by atoms with Crippen molar-refractivity contribution < 1.29 is 9.32 Å². The first-order valence-electron chi connectivity index (χ1n) is 10.9. The lowest BCUT2D eigenvalue weighted by molar-refractivity contribution is -0.121. The number of carbonyl (C=O) groups is 1.